The zero-order chi connectivity index (χ0) is 17.0. The van der Waals surface area contributed by atoms with Gasteiger partial charge in [0.1, 0.15) is 17.7 Å². The third-order valence-corrected chi connectivity index (χ3v) is 5.57. The molecule has 25 heavy (non-hydrogen) atoms. The molecule has 0 bridgehead atoms. The molecular formula is C18H23N5O2. The Hall–Kier alpha value is -2.02. The largest absolute Gasteiger partial charge is 0.423 e. The lowest BCUT2D eigenvalue weighted by Gasteiger charge is -2.25. The smallest absolute Gasteiger partial charge is 0.238 e. The quantitative estimate of drug-likeness (QED) is 0.845. The number of hydrogen-bond acceptors (Lipinski definition) is 7. The van der Waals surface area contributed by atoms with Crippen molar-refractivity contribution in [3.63, 3.8) is 0 Å². The number of methoxy groups -OCH3 is 1. The summed E-state index contributed by atoms with van der Waals surface area (Å²) in [7, 11) is 1.77. The van der Waals surface area contributed by atoms with E-state index in [1.165, 1.54) is 24.1 Å². The normalized spacial score (nSPS) is 25.6. The molecule has 0 spiro atoms. The third kappa shape index (κ3) is 2.61. The van der Waals surface area contributed by atoms with Gasteiger partial charge in [-0.05, 0) is 32.1 Å². The fraction of sp³-hybridized carbons (Fsp3) is 0.667. The summed E-state index contributed by atoms with van der Waals surface area (Å²) in [4.78, 5) is 12.2. The predicted octanol–water partition coefficient (Wildman–Crippen LogP) is 2.50. The van der Waals surface area contributed by atoms with Crippen LogP contribution < -0.4 is 4.90 Å². The first-order valence-electron chi connectivity index (χ1n) is 9.22. The molecule has 2 fully saturated rings. The molecule has 3 aliphatic rings. The standard InChI is InChI=1S/C18H23N5O2/c1-10-21-22-18(25-10)15-8-12(24-2)9-23(15)17-13-4-3-5-14(13)19-16(20-17)11-6-7-11/h11-12,15H,3-9H2,1-2H3/t12-,15+/m0/s1. The molecule has 3 heterocycles. The lowest BCUT2D eigenvalue weighted by atomic mass is 10.1. The van der Waals surface area contributed by atoms with Gasteiger partial charge in [0, 0.05) is 44.2 Å². The number of anilines is 1. The Morgan fingerprint density at radius 1 is 1.16 bits per heavy atom. The van der Waals surface area contributed by atoms with Crippen LogP contribution in [0.25, 0.3) is 0 Å². The summed E-state index contributed by atoms with van der Waals surface area (Å²) >= 11 is 0. The van der Waals surface area contributed by atoms with E-state index < -0.39 is 0 Å². The van der Waals surface area contributed by atoms with Crippen molar-refractivity contribution in [1.29, 1.82) is 0 Å². The van der Waals surface area contributed by atoms with Crippen LogP contribution in [0.2, 0.25) is 0 Å². The minimum absolute atomic E-state index is 0.0257. The topological polar surface area (TPSA) is 77.2 Å². The number of nitrogens with zero attached hydrogens (tertiary/aromatic N) is 5. The molecule has 2 aromatic rings. The number of aromatic nitrogens is 4. The molecule has 0 unspecified atom stereocenters. The maximum atomic E-state index is 5.76. The van der Waals surface area contributed by atoms with Crippen molar-refractivity contribution in [3.8, 4) is 0 Å². The second-order valence-electron chi connectivity index (χ2n) is 7.38. The van der Waals surface area contributed by atoms with E-state index in [1.807, 2.05) is 6.92 Å². The van der Waals surface area contributed by atoms with Crippen LogP contribution in [-0.4, -0.2) is 39.9 Å². The molecular weight excluding hydrogens is 318 g/mol. The van der Waals surface area contributed by atoms with E-state index >= 15 is 0 Å². The van der Waals surface area contributed by atoms with Gasteiger partial charge in [-0.2, -0.15) is 0 Å². The van der Waals surface area contributed by atoms with Crippen LogP contribution in [0, 0.1) is 6.92 Å². The number of rotatable bonds is 4. The van der Waals surface area contributed by atoms with Crippen molar-refractivity contribution in [2.45, 2.75) is 63.5 Å². The number of aryl methyl sites for hydroxylation is 2. The number of ether oxygens (including phenoxy) is 1. The molecule has 7 nitrogen and oxygen atoms in total. The van der Waals surface area contributed by atoms with Crippen LogP contribution in [-0.2, 0) is 17.6 Å². The summed E-state index contributed by atoms with van der Waals surface area (Å²) in [6.07, 6.45) is 6.70. The number of hydrogen-bond donors (Lipinski definition) is 0. The molecule has 0 N–H and O–H groups in total. The van der Waals surface area contributed by atoms with Gasteiger partial charge in [-0.3, -0.25) is 0 Å². The summed E-state index contributed by atoms with van der Waals surface area (Å²) < 4.78 is 11.4. The highest BCUT2D eigenvalue weighted by atomic mass is 16.5. The Kier molecular flexibility index (Phi) is 3.51. The summed E-state index contributed by atoms with van der Waals surface area (Å²) in [6, 6.07) is 0.0257. The first-order valence-corrected chi connectivity index (χ1v) is 9.22. The predicted molar refractivity (Wildman–Crippen MR) is 90.6 cm³/mol. The zero-order valence-electron chi connectivity index (χ0n) is 14.7. The zero-order valence-corrected chi connectivity index (χ0v) is 14.7. The van der Waals surface area contributed by atoms with Crippen LogP contribution in [0.4, 0.5) is 5.82 Å². The van der Waals surface area contributed by atoms with E-state index in [4.69, 9.17) is 19.1 Å². The van der Waals surface area contributed by atoms with Crippen molar-refractivity contribution in [2.24, 2.45) is 0 Å². The molecule has 7 heteroatoms. The highest BCUT2D eigenvalue weighted by Crippen LogP contribution is 2.43. The summed E-state index contributed by atoms with van der Waals surface area (Å²) in [5.74, 6) is 3.91. The van der Waals surface area contributed by atoms with Crippen molar-refractivity contribution in [3.05, 3.63) is 28.9 Å². The van der Waals surface area contributed by atoms with Gasteiger partial charge in [0.2, 0.25) is 11.8 Å². The fourth-order valence-electron chi connectivity index (χ4n) is 4.08. The van der Waals surface area contributed by atoms with E-state index in [0.29, 0.717) is 17.7 Å². The molecule has 5 rings (SSSR count). The third-order valence-electron chi connectivity index (χ3n) is 5.57. The molecule has 0 amide bonds. The van der Waals surface area contributed by atoms with Crippen LogP contribution in [0.5, 0.6) is 0 Å². The highest BCUT2D eigenvalue weighted by Gasteiger charge is 2.40. The average Bonchev–Trinajstić information content (AvgIpc) is 3.03. The molecule has 2 aliphatic carbocycles. The maximum absolute atomic E-state index is 5.76. The SMILES string of the molecule is CO[C@H]1C[C@H](c2nnc(C)o2)N(c2nc(C3CC3)nc3c2CCC3)C1. The van der Waals surface area contributed by atoms with Gasteiger partial charge in [-0.25, -0.2) is 9.97 Å². The first-order chi connectivity index (χ1) is 12.2. The van der Waals surface area contributed by atoms with Crippen LogP contribution in [0.3, 0.4) is 0 Å². The lowest BCUT2D eigenvalue weighted by molar-refractivity contribution is 0.117. The summed E-state index contributed by atoms with van der Waals surface area (Å²) in [6.45, 7) is 2.63. The molecule has 2 aromatic heterocycles. The lowest BCUT2D eigenvalue weighted by Crippen LogP contribution is -2.27. The summed E-state index contributed by atoms with van der Waals surface area (Å²) in [5.41, 5.74) is 2.55. The van der Waals surface area contributed by atoms with E-state index in [2.05, 4.69) is 15.1 Å². The molecule has 132 valence electrons. The fourth-order valence-corrected chi connectivity index (χ4v) is 4.08. The molecule has 2 atom stereocenters. The monoisotopic (exact) mass is 341 g/mol. The van der Waals surface area contributed by atoms with Crippen LogP contribution in [0.1, 0.15) is 66.5 Å². The van der Waals surface area contributed by atoms with E-state index in [0.717, 1.165) is 43.9 Å². The molecule has 0 aromatic carbocycles. The van der Waals surface area contributed by atoms with Gasteiger partial charge < -0.3 is 14.1 Å². The first kappa shape index (κ1) is 15.3. The second kappa shape index (κ2) is 5.76. The molecule has 1 aliphatic heterocycles. The van der Waals surface area contributed by atoms with E-state index in [-0.39, 0.29) is 12.1 Å². The van der Waals surface area contributed by atoms with Gasteiger partial charge in [-0.15, -0.1) is 10.2 Å². The average molecular weight is 341 g/mol. The number of fused-ring (bicyclic) bond motifs is 1. The second-order valence-corrected chi connectivity index (χ2v) is 7.38. The Morgan fingerprint density at radius 2 is 2.04 bits per heavy atom. The summed E-state index contributed by atoms with van der Waals surface area (Å²) in [5, 5.41) is 8.30. The van der Waals surface area contributed by atoms with Gasteiger partial charge in [0.15, 0.2) is 0 Å². The van der Waals surface area contributed by atoms with Crippen LogP contribution >= 0.6 is 0 Å². The Bertz CT molecular complexity index is 801. The highest BCUT2D eigenvalue weighted by molar-refractivity contribution is 5.54. The molecule has 0 radical (unpaired) electrons. The van der Waals surface area contributed by atoms with Gasteiger partial charge in [0.05, 0.1) is 6.10 Å². The molecule has 1 saturated carbocycles. The Labute approximate surface area is 146 Å². The molecule has 1 saturated heterocycles. The Morgan fingerprint density at radius 3 is 2.76 bits per heavy atom. The Balaban J connectivity index is 1.58. The van der Waals surface area contributed by atoms with Crippen molar-refractivity contribution in [1.82, 2.24) is 20.2 Å². The minimum Gasteiger partial charge on any atom is -0.423 e. The van der Waals surface area contributed by atoms with Crippen LogP contribution in [0.15, 0.2) is 4.42 Å². The van der Waals surface area contributed by atoms with E-state index in [1.54, 1.807) is 7.11 Å². The van der Waals surface area contributed by atoms with Gasteiger partial charge >= 0.3 is 0 Å². The maximum Gasteiger partial charge on any atom is 0.238 e. The van der Waals surface area contributed by atoms with E-state index in [9.17, 15) is 0 Å². The van der Waals surface area contributed by atoms with Crippen molar-refractivity contribution in [2.75, 3.05) is 18.6 Å². The minimum atomic E-state index is 0.0257. The van der Waals surface area contributed by atoms with Gasteiger partial charge in [-0.1, -0.05) is 0 Å². The van der Waals surface area contributed by atoms with Crippen molar-refractivity contribution >= 4 is 5.82 Å². The van der Waals surface area contributed by atoms with Gasteiger partial charge in [0.25, 0.3) is 0 Å². The van der Waals surface area contributed by atoms with Crippen molar-refractivity contribution < 1.29 is 9.15 Å².